The molecule has 0 N–H and O–H groups in total. The first-order valence-electron chi connectivity index (χ1n) is 7.22. The summed E-state index contributed by atoms with van der Waals surface area (Å²) in [4.78, 5) is 11.5. The lowest BCUT2D eigenvalue weighted by Gasteiger charge is -2.33. The molecule has 0 bridgehead atoms. The van der Waals surface area contributed by atoms with Crippen molar-refractivity contribution >= 4 is 5.97 Å². The van der Waals surface area contributed by atoms with Gasteiger partial charge in [-0.05, 0) is 25.7 Å². The fourth-order valence-corrected chi connectivity index (χ4v) is 2.77. The second-order valence-corrected chi connectivity index (χ2v) is 5.22. The zero-order valence-electron chi connectivity index (χ0n) is 11.2. The monoisotopic (exact) mass is 246 g/mol. The molecule has 0 aromatic rings. The molecule has 0 aromatic heterocycles. The zero-order valence-corrected chi connectivity index (χ0v) is 11.2. The number of hydrogen-bond acceptors (Lipinski definition) is 2. The van der Waals surface area contributed by atoms with Gasteiger partial charge in [-0.1, -0.05) is 38.0 Å². The van der Waals surface area contributed by atoms with Crippen LogP contribution in [0, 0.1) is 17.8 Å². The van der Waals surface area contributed by atoms with E-state index in [2.05, 4.69) is 18.8 Å². The normalized spacial score (nSPS) is 26.5. The molecule has 0 radical (unpaired) electrons. The molecule has 0 aromatic carbocycles. The van der Waals surface area contributed by atoms with Gasteiger partial charge >= 0.3 is 5.97 Å². The minimum Gasteiger partial charge on any atom is -0.459 e. The highest BCUT2D eigenvalue weighted by Gasteiger charge is 2.33. The lowest BCUT2D eigenvalue weighted by atomic mass is 9.80. The Labute approximate surface area is 110 Å². The van der Waals surface area contributed by atoms with E-state index in [9.17, 15) is 4.79 Å². The SMILES string of the molecule is CCCCCC#CC1=CC(=O)O[C@H]2CCCC[C@H]12. The van der Waals surface area contributed by atoms with E-state index < -0.39 is 0 Å². The number of ether oxygens (including phenoxy) is 1. The highest BCUT2D eigenvalue weighted by Crippen LogP contribution is 2.34. The van der Waals surface area contributed by atoms with Gasteiger partial charge in [-0.15, -0.1) is 0 Å². The molecule has 1 aliphatic carbocycles. The first-order valence-corrected chi connectivity index (χ1v) is 7.22. The molecule has 1 heterocycles. The van der Waals surface area contributed by atoms with E-state index in [-0.39, 0.29) is 12.1 Å². The van der Waals surface area contributed by atoms with E-state index in [1.54, 1.807) is 6.08 Å². The predicted octanol–water partition coefficient (Wildman–Crippen LogP) is 3.61. The van der Waals surface area contributed by atoms with E-state index in [0.29, 0.717) is 5.92 Å². The summed E-state index contributed by atoms with van der Waals surface area (Å²) >= 11 is 0. The molecular weight excluding hydrogens is 224 g/mol. The summed E-state index contributed by atoms with van der Waals surface area (Å²) in [6.45, 7) is 2.19. The first kappa shape index (κ1) is 13.2. The summed E-state index contributed by atoms with van der Waals surface area (Å²) in [7, 11) is 0. The van der Waals surface area contributed by atoms with Crippen LogP contribution in [0.2, 0.25) is 0 Å². The van der Waals surface area contributed by atoms with Crippen LogP contribution in [0.3, 0.4) is 0 Å². The van der Waals surface area contributed by atoms with Crippen LogP contribution in [0.15, 0.2) is 11.6 Å². The van der Waals surface area contributed by atoms with Crippen LogP contribution < -0.4 is 0 Å². The van der Waals surface area contributed by atoms with Gasteiger partial charge in [0.1, 0.15) is 6.10 Å². The van der Waals surface area contributed by atoms with Crippen molar-refractivity contribution in [3.8, 4) is 11.8 Å². The van der Waals surface area contributed by atoms with Gasteiger partial charge in [-0.3, -0.25) is 0 Å². The van der Waals surface area contributed by atoms with Gasteiger partial charge in [-0.2, -0.15) is 0 Å². The third-order valence-corrected chi connectivity index (χ3v) is 3.78. The standard InChI is InChI=1S/C16H22O2/c1-2-3-4-5-6-9-13-12-16(17)18-15-11-8-7-10-14(13)15/h12,14-15H,2-5,7-8,10-11H2,1H3/t14-,15+/m1/s1. The van der Waals surface area contributed by atoms with Gasteiger partial charge in [0.2, 0.25) is 0 Å². The smallest absolute Gasteiger partial charge is 0.331 e. The van der Waals surface area contributed by atoms with Gasteiger partial charge in [-0.25, -0.2) is 4.79 Å². The molecule has 0 unspecified atom stereocenters. The maximum absolute atomic E-state index is 11.5. The van der Waals surface area contributed by atoms with E-state index >= 15 is 0 Å². The molecule has 0 spiro atoms. The van der Waals surface area contributed by atoms with Gasteiger partial charge in [0.15, 0.2) is 0 Å². The minimum absolute atomic E-state index is 0.0937. The van der Waals surface area contributed by atoms with E-state index in [1.807, 2.05) is 0 Å². The second-order valence-electron chi connectivity index (χ2n) is 5.22. The Morgan fingerprint density at radius 3 is 3.00 bits per heavy atom. The predicted molar refractivity (Wildman–Crippen MR) is 71.8 cm³/mol. The van der Waals surface area contributed by atoms with Crippen LogP contribution in [0.5, 0.6) is 0 Å². The molecular formula is C16H22O2. The highest BCUT2D eigenvalue weighted by atomic mass is 16.5. The molecule has 1 aliphatic heterocycles. The third-order valence-electron chi connectivity index (χ3n) is 3.78. The molecule has 2 rings (SSSR count). The van der Waals surface area contributed by atoms with Crippen LogP contribution in [0.4, 0.5) is 0 Å². The van der Waals surface area contributed by atoms with Crippen LogP contribution >= 0.6 is 0 Å². The van der Waals surface area contributed by atoms with Crippen molar-refractivity contribution in [3.63, 3.8) is 0 Å². The van der Waals surface area contributed by atoms with Gasteiger partial charge in [0, 0.05) is 24.0 Å². The van der Waals surface area contributed by atoms with Crippen LogP contribution in [-0.4, -0.2) is 12.1 Å². The molecule has 2 nitrogen and oxygen atoms in total. The van der Waals surface area contributed by atoms with Crippen molar-refractivity contribution in [2.45, 2.75) is 64.4 Å². The Morgan fingerprint density at radius 1 is 1.33 bits per heavy atom. The van der Waals surface area contributed by atoms with E-state index in [4.69, 9.17) is 4.74 Å². The third kappa shape index (κ3) is 3.38. The molecule has 18 heavy (non-hydrogen) atoms. The highest BCUT2D eigenvalue weighted by molar-refractivity contribution is 5.85. The maximum Gasteiger partial charge on any atom is 0.331 e. The Hall–Kier alpha value is -1.23. The Balaban J connectivity index is 1.98. The Kier molecular flexibility index (Phi) is 4.87. The van der Waals surface area contributed by atoms with Crippen molar-refractivity contribution in [1.29, 1.82) is 0 Å². The molecule has 98 valence electrons. The van der Waals surface area contributed by atoms with Crippen molar-refractivity contribution in [2.24, 2.45) is 5.92 Å². The number of carbonyl (C=O) groups excluding carboxylic acids is 1. The minimum atomic E-state index is -0.198. The quantitative estimate of drug-likeness (QED) is 0.432. The summed E-state index contributed by atoms with van der Waals surface area (Å²) in [5.41, 5.74) is 1.02. The molecule has 1 fully saturated rings. The van der Waals surface area contributed by atoms with Crippen molar-refractivity contribution in [3.05, 3.63) is 11.6 Å². The number of carbonyl (C=O) groups is 1. The fraction of sp³-hybridized carbons (Fsp3) is 0.688. The van der Waals surface area contributed by atoms with Crippen molar-refractivity contribution in [1.82, 2.24) is 0 Å². The lowest BCUT2D eigenvalue weighted by Crippen LogP contribution is -2.34. The molecule has 0 amide bonds. The van der Waals surface area contributed by atoms with Crippen LogP contribution in [-0.2, 0) is 9.53 Å². The lowest BCUT2D eigenvalue weighted by molar-refractivity contribution is -0.148. The molecule has 1 saturated carbocycles. The maximum atomic E-state index is 11.5. The van der Waals surface area contributed by atoms with Gasteiger partial charge < -0.3 is 4.74 Å². The molecule has 2 aliphatic rings. The summed E-state index contributed by atoms with van der Waals surface area (Å²) in [6, 6.07) is 0. The van der Waals surface area contributed by atoms with Gasteiger partial charge in [0.05, 0.1) is 0 Å². The van der Waals surface area contributed by atoms with Crippen molar-refractivity contribution in [2.75, 3.05) is 0 Å². The van der Waals surface area contributed by atoms with Crippen molar-refractivity contribution < 1.29 is 9.53 Å². The average Bonchev–Trinajstić information content (AvgIpc) is 2.38. The number of hydrogen-bond donors (Lipinski definition) is 0. The summed E-state index contributed by atoms with van der Waals surface area (Å²) in [5, 5.41) is 0. The van der Waals surface area contributed by atoms with E-state index in [1.165, 1.54) is 25.7 Å². The van der Waals surface area contributed by atoms with Gasteiger partial charge in [0.25, 0.3) is 0 Å². The first-order chi connectivity index (χ1) is 8.81. The number of fused-ring (bicyclic) bond motifs is 1. The molecule has 2 heteroatoms. The summed E-state index contributed by atoms with van der Waals surface area (Å²) in [6.07, 6.45) is 10.8. The molecule has 0 saturated heterocycles. The average molecular weight is 246 g/mol. The fourth-order valence-electron chi connectivity index (χ4n) is 2.77. The van der Waals surface area contributed by atoms with Crippen LogP contribution in [0.25, 0.3) is 0 Å². The number of unbranched alkanes of at least 4 members (excludes halogenated alkanes) is 3. The summed E-state index contributed by atoms with van der Waals surface area (Å²) < 4.78 is 5.38. The largest absolute Gasteiger partial charge is 0.459 e. The second kappa shape index (κ2) is 6.64. The summed E-state index contributed by atoms with van der Waals surface area (Å²) in [5.74, 6) is 6.61. The Bertz CT molecular complexity index is 384. The number of rotatable bonds is 3. The number of esters is 1. The Morgan fingerprint density at radius 2 is 2.17 bits per heavy atom. The van der Waals surface area contributed by atoms with E-state index in [0.717, 1.165) is 31.3 Å². The van der Waals surface area contributed by atoms with Crippen LogP contribution in [0.1, 0.15) is 58.3 Å². The molecule has 2 atom stereocenters. The topological polar surface area (TPSA) is 26.3 Å². The zero-order chi connectivity index (χ0) is 12.8.